The average molecular weight is 191 g/mol. The smallest absolute Gasteiger partial charge is 0.00188 e. The molecule has 14 heavy (non-hydrogen) atoms. The number of likely N-dealkylation sites (tertiary alicyclic amines) is 1. The van der Waals surface area contributed by atoms with Crippen molar-refractivity contribution in [2.45, 2.75) is 26.2 Å². The van der Waals surface area contributed by atoms with Crippen LogP contribution >= 0.6 is 0 Å². The predicted octanol–water partition coefficient (Wildman–Crippen LogP) is 2.54. The van der Waals surface area contributed by atoms with Gasteiger partial charge in [-0.2, -0.15) is 0 Å². The van der Waals surface area contributed by atoms with Crippen LogP contribution in [0.15, 0.2) is 12.2 Å². The average Bonchev–Trinajstić information content (AvgIpc) is 2.85. The van der Waals surface area contributed by atoms with Gasteiger partial charge in [-0.15, -0.1) is 0 Å². The van der Waals surface area contributed by atoms with Crippen molar-refractivity contribution in [1.82, 2.24) is 4.90 Å². The van der Waals surface area contributed by atoms with Gasteiger partial charge < -0.3 is 4.90 Å². The first-order valence-corrected chi connectivity index (χ1v) is 6.29. The second-order valence-electron chi connectivity index (χ2n) is 5.39. The summed E-state index contributed by atoms with van der Waals surface area (Å²) in [7, 11) is 0. The Morgan fingerprint density at radius 2 is 1.79 bits per heavy atom. The second kappa shape index (κ2) is 3.37. The van der Waals surface area contributed by atoms with E-state index in [1.54, 1.807) is 0 Å². The molecule has 2 bridgehead atoms. The van der Waals surface area contributed by atoms with E-state index in [0.717, 1.165) is 23.7 Å². The van der Waals surface area contributed by atoms with Gasteiger partial charge in [-0.25, -0.2) is 0 Å². The van der Waals surface area contributed by atoms with Gasteiger partial charge in [0.1, 0.15) is 0 Å². The predicted molar refractivity (Wildman–Crippen MR) is 59.1 cm³/mol. The maximum absolute atomic E-state index is 2.71. The summed E-state index contributed by atoms with van der Waals surface area (Å²) < 4.78 is 0. The Morgan fingerprint density at radius 1 is 1.14 bits per heavy atom. The molecule has 1 nitrogen and oxygen atoms in total. The van der Waals surface area contributed by atoms with Gasteiger partial charge in [-0.05, 0) is 43.1 Å². The van der Waals surface area contributed by atoms with Gasteiger partial charge in [0.05, 0.1) is 0 Å². The molecule has 0 spiro atoms. The van der Waals surface area contributed by atoms with Crippen LogP contribution in [0.4, 0.5) is 0 Å². The second-order valence-corrected chi connectivity index (χ2v) is 5.39. The highest BCUT2D eigenvalue weighted by atomic mass is 15.2. The molecule has 0 N–H and O–H groups in total. The first kappa shape index (κ1) is 8.96. The van der Waals surface area contributed by atoms with Crippen molar-refractivity contribution in [2.24, 2.45) is 23.7 Å². The summed E-state index contributed by atoms with van der Waals surface area (Å²) in [4.78, 5) is 2.71. The zero-order chi connectivity index (χ0) is 9.54. The first-order valence-electron chi connectivity index (χ1n) is 6.29. The molecule has 4 atom stereocenters. The van der Waals surface area contributed by atoms with Crippen molar-refractivity contribution in [3.8, 4) is 0 Å². The minimum Gasteiger partial charge on any atom is -0.303 e. The number of nitrogens with zero attached hydrogens (tertiary/aromatic N) is 1. The summed E-state index contributed by atoms with van der Waals surface area (Å²) in [6, 6.07) is 0. The zero-order valence-corrected chi connectivity index (χ0v) is 9.15. The number of unbranched alkanes of at least 4 members (excludes halogenated alkanes) is 1. The molecule has 0 amide bonds. The molecular formula is C13H21N. The lowest BCUT2D eigenvalue weighted by molar-refractivity contribution is 0.294. The van der Waals surface area contributed by atoms with E-state index in [-0.39, 0.29) is 0 Å². The van der Waals surface area contributed by atoms with Crippen LogP contribution in [0.2, 0.25) is 0 Å². The maximum Gasteiger partial charge on any atom is 0.00188 e. The Morgan fingerprint density at radius 3 is 2.36 bits per heavy atom. The number of hydrogen-bond acceptors (Lipinski definition) is 1. The summed E-state index contributed by atoms with van der Waals surface area (Å²) >= 11 is 0. The van der Waals surface area contributed by atoms with Crippen LogP contribution in [-0.4, -0.2) is 24.5 Å². The zero-order valence-electron chi connectivity index (χ0n) is 9.15. The molecule has 4 unspecified atom stereocenters. The SMILES string of the molecule is CCCCN1CC2C3C=CC(C3)C2C1. The summed E-state index contributed by atoms with van der Waals surface area (Å²) in [6.45, 7) is 6.44. The van der Waals surface area contributed by atoms with Crippen LogP contribution in [0.5, 0.6) is 0 Å². The Kier molecular flexibility index (Phi) is 2.16. The van der Waals surface area contributed by atoms with Crippen LogP contribution in [-0.2, 0) is 0 Å². The van der Waals surface area contributed by atoms with Gasteiger partial charge in [0.2, 0.25) is 0 Å². The van der Waals surface area contributed by atoms with Crippen LogP contribution in [0.3, 0.4) is 0 Å². The van der Waals surface area contributed by atoms with E-state index in [2.05, 4.69) is 24.0 Å². The van der Waals surface area contributed by atoms with Gasteiger partial charge >= 0.3 is 0 Å². The molecule has 3 rings (SSSR count). The fraction of sp³-hybridized carbons (Fsp3) is 0.846. The van der Waals surface area contributed by atoms with E-state index in [1.807, 2.05) is 0 Å². The summed E-state index contributed by atoms with van der Waals surface area (Å²) in [5.41, 5.74) is 0. The molecule has 1 heteroatoms. The van der Waals surface area contributed by atoms with E-state index < -0.39 is 0 Å². The minimum absolute atomic E-state index is 0.955. The molecule has 3 aliphatic rings. The Labute approximate surface area is 87.2 Å². The van der Waals surface area contributed by atoms with E-state index in [1.165, 1.54) is 38.9 Å². The van der Waals surface area contributed by atoms with E-state index >= 15 is 0 Å². The van der Waals surface area contributed by atoms with Crippen molar-refractivity contribution in [1.29, 1.82) is 0 Å². The van der Waals surface area contributed by atoms with Gasteiger partial charge in [-0.3, -0.25) is 0 Å². The Bertz CT molecular complexity index is 226. The molecular weight excluding hydrogens is 170 g/mol. The number of allylic oxidation sites excluding steroid dienone is 2. The number of hydrogen-bond donors (Lipinski definition) is 0. The van der Waals surface area contributed by atoms with Crippen LogP contribution in [0.25, 0.3) is 0 Å². The third-order valence-corrected chi connectivity index (χ3v) is 4.57. The molecule has 0 aromatic carbocycles. The first-order chi connectivity index (χ1) is 6.88. The van der Waals surface area contributed by atoms with E-state index in [9.17, 15) is 0 Å². The fourth-order valence-corrected chi connectivity index (χ4v) is 3.80. The van der Waals surface area contributed by atoms with Gasteiger partial charge in [0, 0.05) is 13.1 Å². The van der Waals surface area contributed by atoms with Gasteiger partial charge in [0.25, 0.3) is 0 Å². The van der Waals surface area contributed by atoms with Crippen molar-refractivity contribution in [3.63, 3.8) is 0 Å². The van der Waals surface area contributed by atoms with Gasteiger partial charge in [0.15, 0.2) is 0 Å². The third-order valence-electron chi connectivity index (χ3n) is 4.57. The van der Waals surface area contributed by atoms with Gasteiger partial charge in [-0.1, -0.05) is 25.5 Å². The minimum atomic E-state index is 0.955. The van der Waals surface area contributed by atoms with Crippen molar-refractivity contribution >= 4 is 0 Å². The standard InChI is InChI=1S/C13H21N/c1-2-3-6-14-8-12-10-4-5-11(7-10)13(12)9-14/h4-5,10-13H,2-3,6-9H2,1H3. The number of rotatable bonds is 3. The van der Waals surface area contributed by atoms with Crippen LogP contribution in [0.1, 0.15) is 26.2 Å². The fourth-order valence-electron chi connectivity index (χ4n) is 3.80. The molecule has 0 aromatic heterocycles. The number of fused-ring (bicyclic) bond motifs is 5. The molecule has 78 valence electrons. The summed E-state index contributed by atoms with van der Waals surface area (Å²) in [5.74, 6) is 3.97. The summed E-state index contributed by atoms with van der Waals surface area (Å²) in [6.07, 6.45) is 9.21. The molecule has 1 saturated carbocycles. The lowest BCUT2D eigenvalue weighted by Crippen LogP contribution is -2.24. The molecule has 1 heterocycles. The van der Waals surface area contributed by atoms with E-state index in [4.69, 9.17) is 0 Å². The lowest BCUT2D eigenvalue weighted by Gasteiger charge is -2.17. The highest BCUT2D eigenvalue weighted by molar-refractivity contribution is 5.16. The largest absolute Gasteiger partial charge is 0.303 e. The highest BCUT2D eigenvalue weighted by Gasteiger charge is 2.48. The normalized spacial score (nSPS) is 44.9. The molecule has 1 saturated heterocycles. The topological polar surface area (TPSA) is 3.24 Å². The molecule has 2 aliphatic carbocycles. The lowest BCUT2D eigenvalue weighted by atomic mass is 9.86. The molecule has 1 aliphatic heterocycles. The Balaban J connectivity index is 1.62. The molecule has 2 fully saturated rings. The Hall–Kier alpha value is -0.300. The molecule has 0 aromatic rings. The monoisotopic (exact) mass is 191 g/mol. The molecule has 0 radical (unpaired) electrons. The van der Waals surface area contributed by atoms with Crippen molar-refractivity contribution in [2.75, 3.05) is 19.6 Å². The van der Waals surface area contributed by atoms with E-state index in [0.29, 0.717) is 0 Å². The van der Waals surface area contributed by atoms with Crippen molar-refractivity contribution < 1.29 is 0 Å². The summed E-state index contributed by atoms with van der Waals surface area (Å²) in [5, 5.41) is 0. The highest BCUT2D eigenvalue weighted by Crippen LogP contribution is 2.51. The maximum atomic E-state index is 2.71. The van der Waals surface area contributed by atoms with Crippen LogP contribution in [0, 0.1) is 23.7 Å². The van der Waals surface area contributed by atoms with Crippen LogP contribution < -0.4 is 0 Å². The third kappa shape index (κ3) is 1.25. The quantitative estimate of drug-likeness (QED) is 0.620. The van der Waals surface area contributed by atoms with Crippen molar-refractivity contribution in [3.05, 3.63) is 12.2 Å².